The van der Waals surface area contributed by atoms with Gasteiger partial charge in [0.1, 0.15) is 12.4 Å². The molecule has 0 atom stereocenters. The molecule has 0 bridgehead atoms. The van der Waals surface area contributed by atoms with Gasteiger partial charge in [-0.25, -0.2) is 0 Å². The summed E-state index contributed by atoms with van der Waals surface area (Å²) in [6.07, 6.45) is 0. The fourth-order valence-corrected chi connectivity index (χ4v) is 1.90. The van der Waals surface area contributed by atoms with Crippen molar-refractivity contribution in [3.63, 3.8) is 0 Å². The molecule has 4 heteroatoms. The molecular weight excluding hydrogens is 238 g/mol. The van der Waals surface area contributed by atoms with Crippen LogP contribution in [0.15, 0.2) is 18.2 Å². The van der Waals surface area contributed by atoms with Gasteiger partial charge in [0.05, 0.1) is 11.6 Å². The van der Waals surface area contributed by atoms with Crippen molar-refractivity contribution in [3.8, 4) is 5.75 Å². The van der Waals surface area contributed by atoms with Gasteiger partial charge in [0, 0.05) is 12.1 Å². The molecule has 0 fully saturated rings. The zero-order valence-electron chi connectivity index (χ0n) is 10.4. The van der Waals surface area contributed by atoms with Gasteiger partial charge >= 0.3 is 0 Å². The molecule has 0 unspecified atom stereocenters. The summed E-state index contributed by atoms with van der Waals surface area (Å²) in [6, 6.07) is 5.40. The van der Waals surface area contributed by atoms with Crippen LogP contribution in [0.5, 0.6) is 5.75 Å². The van der Waals surface area contributed by atoms with Crippen molar-refractivity contribution in [2.24, 2.45) is 0 Å². The number of likely N-dealkylation sites (N-methyl/N-ethyl adjacent to an activating group) is 1. The zero-order chi connectivity index (χ0) is 12.7. The van der Waals surface area contributed by atoms with Gasteiger partial charge in [0.15, 0.2) is 0 Å². The van der Waals surface area contributed by atoms with Gasteiger partial charge in [-0.15, -0.1) is 0 Å². The van der Waals surface area contributed by atoms with Crippen LogP contribution in [-0.2, 0) is 6.61 Å². The number of para-hydroxylation sites is 1. The molecule has 0 saturated carbocycles. The summed E-state index contributed by atoms with van der Waals surface area (Å²) >= 11 is 6.04. The van der Waals surface area contributed by atoms with Crippen LogP contribution < -0.4 is 4.74 Å². The lowest BCUT2D eigenvalue weighted by atomic mass is 10.2. The highest BCUT2D eigenvalue weighted by Crippen LogP contribution is 2.28. The van der Waals surface area contributed by atoms with Gasteiger partial charge in [-0.3, -0.25) is 0 Å². The molecule has 1 aromatic rings. The number of hydrogen-bond acceptors (Lipinski definition) is 3. The van der Waals surface area contributed by atoms with Gasteiger partial charge in [-0.05, 0) is 19.2 Å². The second kappa shape index (κ2) is 7.54. The van der Waals surface area contributed by atoms with Crippen LogP contribution in [0.3, 0.4) is 0 Å². The highest BCUT2D eigenvalue weighted by Gasteiger charge is 2.08. The molecule has 0 aliphatic rings. The molecule has 0 amide bonds. The third-order valence-corrected chi connectivity index (χ3v) is 3.06. The van der Waals surface area contributed by atoms with Crippen LogP contribution in [-0.4, -0.2) is 36.2 Å². The Morgan fingerprint density at radius 2 is 2.00 bits per heavy atom. The average Bonchev–Trinajstić information content (AvgIpc) is 2.36. The number of nitrogens with zero attached hydrogens (tertiary/aromatic N) is 1. The third kappa shape index (κ3) is 4.19. The zero-order valence-corrected chi connectivity index (χ0v) is 11.2. The highest BCUT2D eigenvalue weighted by molar-refractivity contribution is 6.32. The monoisotopic (exact) mass is 257 g/mol. The quantitative estimate of drug-likeness (QED) is 0.815. The van der Waals surface area contributed by atoms with E-state index in [2.05, 4.69) is 18.7 Å². The number of hydrogen-bond donors (Lipinski definition) is 1. The largest absolute Gasteiger partial charge is 0.490 e. The number of ether oxygens (including phenoxy) is 1. The topological polar surface area (TPSA) is 32.7 Å². The number of aliphatic hydroxyl groups is 1. The number of halogens is 1. The first kappa shape index (κ1) is 14.3. The molecule has 1 aromatic carbocycles. The molecule has 0 heterocycles. The van der Waals surface area contributed by atoms with E-state index in [-0.39, 0.29) is 6.61 Å². The van der Waals surface area contributed by atoms with E-state index in [1.54, 1.807) is 6.07 Å². The van der Waals surface area contributed by atoms with E-state index >= 15 is 0 Å². The summed E-state index contributed by atoms with van der Waals surface area (Å²) in [6.45, 7) is 7.66. The third-order valence-electron chi connectivity index (χ3n) is 2.77. The summed E-state index contributed by atoms with van der Waals surface area (Å²) in [7, 11) is 0. The molecule has 1 N–H and O–H groups in total. The van der Waals surface area contributed by atoms with Crippen molar-refractivity contribution in [3.05, 3.63) is 28.8 Å². The van der Waals surface area contributed by atoms with Crippen LogP contribution in [0.25, 0.3) is 0 Å². The van der Waals surface area contributed by atoms with E-state index in [9.17, 15) is 5.11 Å². The molecule has 0 saturated heterocycles. The lowest BCUT2D eigenvalue weighted by Crippen LogP contribution is -2.28. The van der Waals surface area contributed by atoms with E-state index in [0.717, 1.165) is 25.2 Å². The molecule has 1 rings (SSSR count). The molecule has 0 aliphatic heterocycles. The molecule has 0 aromatic heterocycles. The van der Waals surface area contributed by atoms with E-state index in [4.69, 9.17) is 16.3 Å². The molecule has 3 nitrogen and oxygen atoms in total. The van der Waals surface area contributed by atoms with Crippen LogP contribution in [0.4, 0.5) is 0 Å². The van der Waals surface area contributed by atoms with Gasteiger partial charge in [-0.2, -0.15) is 0 Å². The summed E-state index contributed by atoms with van der Waals surface area (Å²) in [5.41, 5.74) is 0.733. The number of aliphatic hydroxyl groups excluding tert-OH is 1. The second-order valence-corrected chi connectivity index (χ2v) is 4.17. The van der Waals surface area contributed by atoms with E-state index < -0.39 is 0 Å². The van der Waals surface area contributed by atoms with Crippen LogP contribution in [0.2, 0.25) is 5.02 Å². The van der Waals surface area contributed by atoms with Gasteiger partial charge in [-0.1, -0.05) is 37.6 Å². The fraction of sp³-hybridized carbons (Fsp3) is 0.538. The van der Waals surface area contributed by atoms with E-state index in [1.807, 2.05) is 12.1 Å². The maximum Gasteiger partial charge on any atom is 0.143 e. The standard InChI is InChI=1S/C13H20ClNO2/c1-3-15(4-2)8-9-17-13-11(10-16)6-5-7-12(13)14/h5-7,16H,3-4,8-10H2,1-2H3. The summed E-state index contributed by atoms with van der Waals surface area (Å²) in [5.74, 6) is 0.601. The van der Waals surface area contributed by atoms with E-state index in [0.29, 0.717) is 17.4 Å². The van der Waals surface area contributed by atoms with Crippen molar-refractivity contribution >= 4 is 11.6 Å². The first-order valence-electron chi connectivity index (χ1n) is 5.96. The van der Waals surface area contributed by atoms with Crippen LogP contribution in [0.1, 0.15) is 19.4 Å². The Morgan fingerprint density at radius 3 is 2.59 bits per heavy atom. The predicted octanol–water partition coefficient (Wildman–Crippen LogP) is 2.55. The van der Waals surface area contributed by atoms with Crippen LogP contribution in [0, 0.1) is 0 Å². The van der Waals surface area contributed by atoms with Crippen LogP contribution >= 0.6 is 11.6 Å². The summed E-state index contributed by atoms with van der Waals surface area (Å²) in [5, 5.41) is 9.75. The molecule has 0 radical (unpaired) electrons. The normalized spacial score (nSPS) is 10.9. The molecule has 17 heavy (non-hydrogen) atoms. The second-order valence-electron chi connectivity index (χ2n) is 3.76. The van der Waals surface area contributed by atoms with Crippen molar-refractivity contribution in [1.29, 1.82) is 0 Å². The lowest BCUT2D eigenvalue weighted by molar-refractivity contribution is 0.215. The van der Waals surface area contributed by atoms with Crippen molar-refractivity contribution in [2.45, 2.75) is 20.5 Å². The Morgan fingerprint density at radius 1 is 1.29 bits per heavy atom. The van der Waals surface area contributed by atoms with Gasteiger partial charge in [0.2, 0.25) is 0 Å². The molecular formula is C13H20ClNO2. The summed E-state index contributed by atoms with van der Waals surface area (Å²) in [4.78, 5) is 2.27. The molecule has 0 aliphatic carbocycles. The predicted molar refractivity (Wildman–Crippen MR) is 70.7 cm³/mol. The number of benzene rings is 1. The molecule has 0 spiro atoms. The summed E-state index contributed by atoms with van der Waals surface area (Å²) < 4.78 is 5.66. The Kier molecular flexibility index (Phi) is 6.34. The van der Waals surface area contributed by atoms with Crippen molar-refractivity contribution in [1.82, 2.24) is 4.90 Å². The van der Waals surface area contributed by atoms with Crippen molar-refractivity contribution in [2.75, 3.05) is 26.2 Å². The lowest BCUT2D eigenvalue weighted by Gasteiger charge is -2.19. The minimum absolute atomic E-state index is 0.0544. The first-order valence-corrected chi connectivity index (χ1v) is 6.34. The Bertz CT molecular complexity index is 340. The smallest absolute Gasteiger partial charge is 0.143 e. The fourth-order valence-electron chi connectivity index (χ4n) is 1.66. The maximum atomic E-state index is 9.19. The maximum absolute atomic E-state index is 9.19. The molecule has 96 valence electrons. The highest BCUT2D eigenvalue weighted by atomic mass is 35.5. The van der Waals surface area contributed by atoms with E-state index in [1.165, 1.54) is 0 Å². The Labute approximate surface area is 108 Å². The Hall–Kier alpha value is -0.770. The number of rotatable bonds is 7. The van der Waals surface area contributed by atoms with Gasteiger partial charge < -0.3 is 14.7 Å². The SMILES string of the molecule is CCN(CC)CCOc1c(Cl)cccc1CO. The minimum Gasteiger partial charge on any atom is -0.490 e. The first-order chi connectivity index (χ1) is 8.22. The minimum atomic E-state index is -0.0544. The van der Waals surface area contributed by atoms with Gasteiger partial charge in [0.25, 0.3) is 0 Å². The van der Waals surface area contributed by atoms with Crippen molar-refractivity contribution < 1.29 is 9.84 Å². The average molecular weight is 258 g/mol. The Balaban J connectivity index is 2.56.